The predicted molar refractivity (Wildman–Crippen MR) is 108 cm³/mol. The summed E-state index contributed by atoms with van der Waals surface area (Å²) < 4.78 is 10.4. The minimum atomic E-state index is -0.487. The Balaban J connectivity index is 1.67. The zero-order valence-corrected chi connectivity index (χ0v) is 17.1. The molecule has 1 N–H and O–H groups in total. The number of ether oxygens (including phenoxy) is 2. The van der Waals surface area contributed by atoms with Crippen LogP contribution in [0, 0.1) is 5.92 Å². The lowest BCUT2D eigenvalue weighted by Gasteiger charge is -2.30. The topological polar surface area (TPSA) is 134 Å². The summed E-state index contributed by atoms with van der Waals surface area (Å²) >= 11 is 0. The average molecular weight is 417 g/mol. The first-order valence-electron chi connectivity index (χ1n) is 9.91. The molecule has 0 radical (unpaired) electrons. The molecule has 1 fully saturated rings. The summed E-state index contributed by atoms with van der Waals surface area (Å²) in [6.45, 7) is 4.17. The number of carbonyl (C=O) groups excluding carboxylic acids is 3. The molecule has 0 aromatic heterocycles. The van der Waals surface area contributed by atoms with Crippen LogP contribution in [0.15, 0.2) is 29.4 Å². The summed E-state index contributed by atoms with van der Waals surface area (Å²) in [5, 5.41) is 5.86. The molecule has 1 heterocycles. The van der Waals surface area contributed by atoms with E-state index in [1.807, 2.05) is 24.3 Å². The molecule has 0 aliphatic carbocycles. The fourth-order valence-electron chi connectivity index (χ4n) is 3.16. The van der Waals surface area contributed by atoms with Gasteiger partial charge in [0, 0.05) is 30.8 Å². The average Bonchev–Trinajstić information content (AvgIpc) is 2.73. The number of rotatable bonds is 10. The van der Waals surface area contributed by atoms with E-state index < -0.39 is 5.97 Å². The Labute approximate surface area is 175 Å². The molecule has 0 spiro atoms. The Bertz CT molecular complexity index is 786. The number of likely N-dealkylation sites (tertiary alicyclic amines) is 1. The number of nitrogens with one attached hydrogen (secondary N) is 1. The molecule has 30 heavy (non-hydrogen) atoms. The van der Waals surface area contributed by atoms with Crippen molar-refractivity contribution in [2.45, 2.75) is 32.7 Å². The fraction of sp³-hybridized carbons (Fsp3) is 0.550. The quantitative estimate of drug-likeness (QED) is 0.204. The standard InChI is InChI=1S/C20H27N5O5/c1-15(26)30-14-19(27)22-8-3-11-29-18-5-2-4-16(12-18)13-25-9-6-17(7-10-25)20(28)23-24-21/h2,4-5,12,17H,3,6-11,13-14H2,1H3,(H,22,27). The van der Waals surface area contributed by atoms with Crippen molar-refractivity contribution in [1.82, 2.24) is 10.2 Å². The molecule has 0 atom stereocenters. The number of carbonyl (C=O) groups is 3. The van der Waals surface area contributed by atoms with E-state index in [0.29, 0.717) is 32.4 Å². The Kier molecular flexibility index (Phi) is 9.63. The van der Waals surface area contributed by atoms with Crippen LogP contribution >= 0.6 is 0 Å². The first kappa shape index (κ1) is 23.2. The van der Waals surface area contributed by atoms with Crippen LogP contribution in [-0.2, 0) is 25.7 Å². The zero-order chi connectivity index (χ0) is 21.8. The van der Waals surface area contributed by atoms with E-state index in [1.165, 1.54) is 6.92 Å². The number of hydrogen-bond donors (Lipinski definition) is 1. The van der Waals surface area contributed by atoms with Gasteiger partial charge in [0.15, 0.2) is 6.61 Å². The molecule has 0 bridgehead atoms. The highest BCUT2D eigenvalue weighted by molar-refractivity contribution is 5.80. The Morgan fingerprint density at radius 2 is 2.07 bits per heavy atom. The van der Waals surface area contributed by atoms with E-state index >= 15 is 0 Å². The molecular formula is C20H27N5O5. The van der Waals surface area contributed by atoms with Gasteiger partial charge in [-0.15, -0.1) is 0 Å². The number of benzene rings is 1. The highest BCUT2D eigenvalue weighted by Gasteiger charge is 2.24. The van der Waals surface area contributed by atoms with Gasteiger partial charge in [0.1, 0.15) is 5.75 Å². The van der Waals surface area contributed by atoms with Gasteiger partial charge >= 0.3 is 5.97 Å². The summed E-state index contributed by atoms with van der Waals surface area (Å²) in [5.41, 5.74) is 9.49. The number of azide groups is 1. The largest absolute Gasteiger partial charge is 0.494 e. The number of esters is 1. The van der Waals surface area contributed by atoms with Crippen LogP contribution in [0.25, 0.3) is 10.4 Å². The maximum absolute atomic E-state index is 11.7. The van der Waals surface area contributed by atoms with Crippen LogP contribution in [0.5, 0.6) is 5.75 Å². The smallest absolute Gasteiger partial charge is 0.303 e. The number of amides is 2. The van der Waals surface area contributed by atoms with Gasteiger partial charge in [-0.2, -0.15) is 0 Å². The molecule has 1 aromatic carbocycles. The van der Waals surface area contributed by atoms with Crippen molar-refractivity contribution in [2.24, 2.45) is 11.0 Å². The molecular weight excluding hydrogens is 390 g/mol. The van der Waals surface area contributed by atoms with Crippen LogP contribution in [0.4, 0.5) is 0 Å². The Morgan fingerprint density at radius 1 is 1.30 bits per heavy atom. The normalized spacial score (nSPS) is 14.4. The van der Waals surface area contributed by atoms with E-state index in [9.17, 15) is 14.4 Å². The maximum Gasteiger partial charge on any atom is 0.303 e. The van der Waals surface area contributed by atoms with Gasteiger partial charge in [-0.1, -0.05) is 12.1 Å². The van der Waals surface area contributed by atoms with E-state index in [2.05, 4.69) is 25.0 Å². The van der Waals surface area contributed by atoms with E-state index in [-0.39, 0.29) is 24.3 Å². The molecule has 2 amide bonds. The van der Waals surface area contributed by atoms with Crippen LogP contribution in [0.3, 0.4) is 0 Å². The van der Waals surface area contributed by atoms with Crippen molar-refractivity contribution in [3.8, 4) is 5.75 Å². The van der Waals surface area contributed by atoms with Crippen molar-refractivity contribution in [3.05, 3.63) is 40.3 Å². The highest BCUT2D eigenvalue weighted by Crippen LogP contribution is 2.22. The SMILES string of the molecule is CC(=O)OCC(=O)NCCCOc1cccc(CN2CCC(C(=O)N=[N+]=[N-])CC2)c1. The van der Waals surface area contributed by atoms with Crippen LogP contribution in [0.2, 0.25) is 0 Å². The van der Waals surface area contributed by atoms with Gasteiger partial charge in [0.25, 0.3) is 5.91 Å². The van der Waals surface area contributed by atoms with Crippen molar-refractivity contribution in [2.75, 3.05) is 32.8 Å². The third-order valence-electron chi connectivity index (χ3n) is 4.70. The summed E-state index contributed by atoms with van der Waals surface area (Å²) in [6, 6.07) is 7.83. The van der Waals surface area contributed by atoms with E-state index in [0.717, 1.165) is 30.9 Å². The molecule has 2 rings (SSSR count). The first-order chi connectivity index (χ1) is 14.5. The van der Waals surface area contributed by atoms with Gasteiger partial charge in [-0.05, 0) is 60.7 Å². The van der Waals surface area contributed by atoms with E-state index in [4.69, 9.17) is 10.3 Å². The lowest BCUT2D eigenvalue weighted by atomic mass is 9.96. The minimum absolute atomic E-state index is 0.179. The number of piperidine rings is 1. The summed E-state index contributed by atoms with van der Waals surface area (Å²) in [5.74, 6) is -0.611. The van der Waals surface area contributed by atoms with Crippen molar-refractivity contribution < 1.29 is 23.9 Å². The molecule has 0 unspecified atom stereocenters. The summed E-state index contributed by atoms with van der Waals surface area (Å²) in [4.78, 5) is 38.6. The lowest BCUT2D eigenvalue weighted by Crippen LogP contribution is -2.35. The molecule has 1 aliphatic heterocycles. The highest BCUT2D eigenvalue weighted by atomic mass is 16.5. The molecule has 162 valence electrons. The van der Waals surface area contributed by atoms with Gasteiger partial charge in [-0.3, -0.25) is 19.3 Å². The molecule has 1 aliphatic rings. The van der Waals surface area contributed by atoms with Crippen LogP contribution in [0.1, 0.15) is 31.7 Å². The van der Waals surface area contributed by atoms with Gasteiger partial charge < -0.3 is 14.8 Å². The van der Waals surface area contributed by atoms with Crippen molar-refractivity contribution in [3.63, 3.8) is 0 Å². The Morgan fingerprint density at radius 3 is 2.77 bits per heavy atom. The predicted octanol–water partition coefficient (Wildman–Crippen LogP) is 2.18. The Hall–Kier alpha value is -3.10. The third-order valence-corrected chi connectivity index (χ3v) is 4.70. The molecule has 1 saturated heterocycles. The lowest BCUT2D eigenvalue weighted by molar-refractivity contribution is -0.146. The molecule has 10 heteroatoms. The van der Waals surface area contributed by atoms with Crippen LogP contribution < -0.4 is 10.1 Å². The second-order valence-electron chi connectivity index (χ2n) is 7.06. The van der Waals surface area contributed by atoms with Gasteiger partial charge in [0.2, 0.25) is 5.91 Å². The fourth-order valence-corrected chi connectivity index (χ4v) is 3.16. The van der Waals surface area contributed by atoms with Crippen molar-refractivity contribution in [1.29, 1.82) is 0 Å². The molecule has 10 nitrogen and oxygen atoms in total. The second kappa shape index (κ2) is 12.5. The molecule has 0 saturated carbocycles. The van der Waals surface area contributed by atoms with Gasteiger partial charge in [0.05, 0.1) is 6.61 Å². The zero-order valence-electron chi connectivity index (χ0n) is 17.1. The van der Waals surface area contributed by atoms with Crippen molar-refractivity contribution >= 4 is 17.8 Å². The molecule has 1 aromatic rings. The van der Waals surface area contributed by atoms with Gasteiger partial charge in [-0.25, -0.2) is 0 Å². The third kappa shape index (κ3) is 8.50. The number of nitrogens with zero attached hydrogens (tertiary/aromatic N) is 4. The monoisotopic (exact) mass is 417 g/mol. The first-order valence-corrected chi connectivity index (χ1v) is 9.91. The van der Waals surface area contributed by atoms with E-state index in [1.54, 1.807) is 0 Å². The minimum Gasteiger partial charge on any atom is -0.494 e. The maximum atomic E-state index is 11.7. The van der Waals surface area contributed by atoms with Crippen LogP contribution in [-0.4, -0.2) is 55.5 Å². The second-order valence-corrected chi connectivity index (χ2v) is 7.06. The summed E-state index contributed by atoms with van der Waals surface area (Å²) in [7, 11) is 0. The number of hydrogen-bond acceptors (Lipinski definition) is 6. The summed E-state index contributed by atoms with van der Waals surface area (Å²) in [6.07, 6.45) is 2.01.